The molecule has 0 bridgehead atoms. The van der Waals surface area contributed by atoms with Crippen molar-refractivity contribution in [1.82, 2.24) is 4.98 Å². The molecule has 0 N–H and O–H groups in total. The molecule has 0 amide bonds. The first-order chi connectivity index (χ1) is 10.1. The minimum atomic E-state index is -0.0122. The number of rotatable bonds is 4. The predicted octanol–water partition coefficient (Wildman–Crippen LogP) is 4.84. The van der Waals surface area contributed by atoms with Crippen LogP contribution in [0.1, 0.15) is 22.3 Å². The van der Waals surface area contributed by atoms with E-state index in [2.05, 4.69) is 20.9 Å². The number of halogens is 1. The second kappa shape index (κ2) is 5.95. The fourth-order valence-electron chi connectivity index (χ4n) is 2.03. The van der Waals surface area contributed by atoms with Crippen molar-refractivity contribution in [1.29, 1.82) is 0 Å². The van der Waals surface area contributed by atoms with E-state index < -0.39 is 0 Å². The number of fused-ring (bicyclic) bond motifs is 1. The minimum Gasteiger partial charge on any atom is -0.486 e. The van der Waals surface area contributed by atoms with E-state index in [1.165, 1.54) is 6.92 Å². The monoisotopic (exact) mass is 361 g/mol. The molecule has 3 aromatic rings. The number of ether oxygens (including phenoxy) is 1. The maximum atomic E-state index is 11.6. The first kappa shape index (κ1) is 14.2. The highest BCUT2D eigenvalue weighted by Gasteiger charge is 2.10. The Kier molecular flexibility index (Phi) is 4.03. The van der Waals surface area contributed by atoms with Gasteiger partial charge in [0.15, 0.2) is 5.78 Å². The number of carbonyl (C=O) groups is 1. The van der Waals surface area contributed by atoms with Crippen LogP contribution in [0, 0.1) is 0 Å². The highest BCUT2D eigenvalue weighted by Crippen LogP contribution is 2.27. The number of benzene rings is 2. The van der Waals surface area contributed by atoms with Gasteiger partial charge in [0, 0.05) is 4.47 Å². The number of hydrogen-bond donors (Lipinski definition) is 0. The van der Waals surface area contributed by atoms with Crippen molar-refractivity contribution in [3.8, 4) is 5.75 Å². The van der Waals surface area contributed by atoms with Crippen molar-refractivity contribution >= 4 is 43.3 Å². The molecule has 3 rings (SSSR count). The molecule has 1 heterocycles. The molecule has 21 heavy (non-hydrogen) atoms. The van der Waals surface area contributed by atoms with Gasteiger partial charge in [-0.1, -0.05) is 28.1 Å². The van der Waals surface area contributed by atoms with Gasteiger partial charge < -0.3 is 4.74 Å². The van der Waals surface area contributed by atoms with Crippen molar-refractivity contribution in [2.75, 3.05) is 0 Å². The molecule has 0 spiro atoms. The molecule has 1 aromatic heterocycles. The summed E-state index contributed by atoms with van der Waals surface area (Å²) >= 11 is 5.00. The summed E-state index contributed by atoms with van der Waals surface area (Å²) in [6, 6.07) is 13.4. The van der Waals surface area contributed by atoms with Crippen molar-refractivity contribution in [3.05, 3.63) is 57.5 Å². The zero-order valence-corrected chi connectivity index (χ0v) is 13.7. The van der Waals surface area contributed by atoms with Gasteiger partial charge in [0.2, 0.25) is 0 Å². The number of nitrogens with zero attached hydrogens (tertiary/aromatic N) is 1. The number of carbonyl (C=O) groups excluding carboxylic acids is 1. The fourth-order valence-corrected chi connectivity index (χ4v) is 3.25. The van der Waals surface area contributed by atoms with Gasteiger partial charge in [-0.05, 0) is 37.3 Å². The maximum Gasteiger partial charge on any atom is 0.163 e. The van der Waals surface area contributed by atoms with Gasteiger partial charge in [0.05, 0.1) is 15.8 Å². The van der Waals surface area contributed by atoms with Crippen molar-refractivity contribution in [2.45, 2.75) is 13.5 Å². The normalized spacial score (nSPS) is 10.8. The average molecular weight is 362 g/mol. The van der Waals surface area contributed by atoms with Gasteiger partial charge in [-0.2, -0.15) is 0 Å². The van der Waals surface area contributed by atoms with Crippen LogP contribution in [-0.4, -0.2) is 10.8 Å². The Morgan fingerprint density at radius 2 is 2.10 bits per heavy atom. The molecule has 0 fully saturated rings. The lowest BCUT2D eigenvalue weighted by Gasteiger charge is -2.08. The van der Waals surface area contributed by atoms with E-state index in [1.807, 2.05) is 36.4 Å². The second-order valence-corrected chi connectivity index (χ2v) is 6.59. The highest BCUT2D eigenvalue weighted by molar-refractivity contribution is 9.10. The molecule has 2 aromatic carbocycles. The zero-order chi connectivity index (χ0) is 14.8. The van der Waals surface area contributed by atoms with E-state index in [0.29, 0.717) is 17.9 Å². The highest BCUT2D eigenvalue weighted by atomic mass is 79.9. The maximum absolute atomic E-state index is 11.6. The molecule has 0 saturated carbocycles. The van der Waals surface area contributed by atoms with E-state index in [0.717, 1.165) is 19.7 Å². The molecule has 0 aliphatic carbocycles. The lowest BCUT2D eigenvalue weighted by molar-refractivity contribution is 0.101. The van der Waals surface area contributed by atoms with Crippen LogP contribution in [0.15, 0.2) is 46.9 Å². The van der Waals surface area contributed by atoms with Crippen molar-refractivity contribution in [3.63, 3.8) is 0 Å². The number of ketones is 1. The molecular formula is C16H12BrNO2S. The Hall–Kier alpha value is -1.72. The standard InChI is InChI=1S/C16H12BrNO2S/c1-10(19)12-7-6-11(17)8-14(12)20-9-16-18-13-4-2-3-5-15(13)21-16/h2-8H,9H2,1H3. The van der Waals surface area contributed by atoms with Crippen LogP contribution in [0.3, 0.4) is 0 Å². The lowest BCUT2D eigenvalue weighted by Crippen LogP contribution is -2.01. The molecule has 0 aliphatic rings. The Bertz CT molecular complexity index is 780. The fraction of sp³-hybridized carbons (Fsp3) is 0.125. The van der Waals surface area contributed by atoms with Gasteiger partial charge >= 0.3 is 0 Å². The van der Waals surface area contributed by atoms with Crippen LogP contribution < -0.4 is 4.74 Å². The van der Waals surface area contributed by atoms with Gasteiger partial charge in [-0.3, -0.25) is 4.79 Å². The molecule has 0 unspecified atom stereocenters. The molecule has 3 nitrogen and oxygen atoms in total. The third-order valence-electron chi connectivity index (χ3n) is 3.01. The Morgan fingerprint density at radius 3 is 2.86 bits per heavy atom. The first-order valence-corrected chi connectivity index (χ1v) is 8.02. The number of thiazole rings is 1. The van der Waals surface area contributed by atoms with E-state index in [4.69, 9.17) is 4.74 Å². The predicted molar refractivity (Wildman–Crippen MR) is 88.1 cm³/mol. The SMILES string of the molecule is CC(=O)c1ccc(Br)cc1OCc1nc2ccccc2s1. The Labute approximate surface area is 134 Å². The first-order valence-electron chi connectivity index (χ1n) is 6.41. The van der Waals surface area contributed by atoms with E-state index in [-0.39, 0.29) is 5.78 Å². The number of Topliss-reactive ketones (excluding diaryl/α,β-unsaturated/α-hetero) is 1. The molecule has 0 aliphatic heterocycles. The quantitative estimate of drug-likeness (QED) is 0.624. The number of hydrogen-bond acceptors (Lipinski definition) is 4. The van der Waals surface area contributed by atoms with E-state index in [9.17, 15) is 4.79 Å². The summed E-state index contributed by atoms with van der Waals surface area (Å²) in [4.78, 5) is 16.1. The summed E-state index contributed by atoms with van der Waals surface area (Å²) in [5, 5.41) is 0.894. The van der Waals surface area contributed by atoms with Crippen molar-refractivity contribution in [2.24, 2.45) is 0 Å². The number of para-hydroxylation sites is 1. The smallest absolute Gasteiger partial charge is 0.163 e. The third-order valence-corrected chi connectivity index (χ3v) is 4.52. The molecule has 0 saturated heterocycles. The summed E-state index contributed by atoms with van der Waals surface area (Å²) in [6.45, 7) is 1.89. The van der Waals surface area contributed by atoms with Gasteiger partial charge in [-0.15, -0.1) is 11.3 Å². The molecular weight excluding hydrogens is 350 g/mol. The summed E-state index contributed by atoms with van der Waals surface area (Å²) in [5.41, 5.74) is 1.56. The molecule has 0 radical (unpaired) electrons. The van der Waals surface area contributed by atoms with Gasteiger partial charge in [0.1, 0.15) is 17.4 Å². The zero-order valence-electron chi connectivity index (χ0n) is 11.3. The van der Waals surface area contributed by atoms with Crippen LogP contribution in [0.4, 0.5) is 0 Å². The largest absolute Gasteiger partial charge is 0.486 e. The molecule has 0 atom stereocenters. The van der Waals surface area contributed by atoms with Crippen LogP contribution in [0.5, 0.6) is 5.75 Å². The lowest BCUT2D eigenvalue weighted by atomic mass is 10.1. The van der Waals surface area contributed by atoms with Crippen molar-refractivity contribution < 1.29 is 9.53 Å². The minimum absolute atomic E-state index is 0.0122. The van der Waals surface area contributed by atoms with Crippen LogP contribution in [-0.2, 0) is 6.61 Å². The van der Waals surface area contributed by atoms with Gasteiger partial charge in [0.25, 0.3) is 0 Å². The third kappa shape index (κ3) is 3.14. The van der Waals surface area contributed by atoms with Crippen LogP contribution >= 0.6 is 27.3 Å². The summed E-state index contributed by atoms with van der Waals surface area (Å²) in [7, 11) is 0. The molecule has 106 valence electrons. The summed E-state index contributed by atoms with van der Waals surface area (Å²) in [6.07, 6.45) is 0. The summed E-state index contributed by atoms with van der Waals surface area (Å²) in [5.74, 6) is 0.568. The number of aromatic nitrogens is 1. The second-order valence-electron chi connectivity index (χ2n) is 4.56. The average Bonchev–Trinajstić information content (AvgIpc) is 2.87. The van der Waals surface area contributed by atoms with E-state index >= 15 is 0 Å². The molecule has 5 heteroatoms. The van der Waals surface area contributed by atoms with Crippen LogP contribution in [0.25, 0.3) is 10.2 Å². The topological polar surface area (TPSA) is 39.2 Å². The summed E-state index contributed by atoms with van der Waals surface area (Å²) < 4.78 is 7.81. The Morgan fingerprint density at radius 1 is 1.29 bits per heavy atom. The van der Waals surface area contributed by atoms with Crippen LogP contribution in [0.2, 0.25) is 0 Å². The van der Waals surface area contributed by atoms with E-state index in [1.54, 1.807) is 17.4 Å². The Balaban J connectivity index is 1.84. The van der Waals surface area contributed by atoms with Gasteiger partial charge in [-0.25, -0.2) is 4.98 Å².